The second-order valence-electron chi connectivity index (χ2n) is 5.85. The van der Waals surface area contributed by atoms with Gasteiger partial charge in [-0.25, -0.2) is 4.98 Å². The third-order valence-corrected chi connectivity index (χ3v) is 4.71. The maximum absolute atomic E-state index is 12.0. The molecule has 22 heavy (non-hydrogen) atoms. The van der Waals surface area contributed by atoms with Crippen LogP contribution in [-0.4, -0.2) is 42.0 Å². The van der Waals surface area contributed by atoms with Gasteiger partial charge in [0.15, 0.2) is 0 Å². The number of carbonyl (C=O) groups excluding carboxylic acids is 1. The van der Waals surface area contributed by atoms with E-state index in [2.05, 4.69) is 22.2 Å². The summed E-state index contributed by atoms with van der Waals surface area (Å²) in [7, 11) is 2.17. The molecule has 1 aromatic rings. The molecule has 1 aliphatic rings. The van der Waals surface area contributed by atoms with Crippen LogP contribution < -0.4 is 5.32 Å². The minimum absolute atomic E-state index is 0.190. The minimum Gasteiger partial charge on any atom is -0.351 e. The van der Waals surface area contributed by atoms with Crippen molar-refractivity contribution < 1.29 is 4.79 Å². The van der Waals surface area contributed by atoms with Gasteiger partial charge in [-0.15, -0.1) is 0 Å². The van der Waals surface area contributed by atoms with Gasteiger partial charge in [0.05, 0.1) is 5.02 Å². The van der Waals surface area contributed by atoms with Gasteiger partial charge in [-0.1, -0.05) is 42.5 Å². The summed E-state index contributed by atoms with van der Waals surface area (Å²) in [5.41, 5.74) is 0.190. The number of nitrogens with one attached hydrogen (secondary N) is 1. The van der Waals surface area contributed by atoms with Crippen LogP contribution in [0.4, 0.5) is 0 Å². The number of aromatic nitrogens is 1. The molecule has 1 aromatic heterocycles. The van der Waals surface area contributed by atoms with Gasteiger partial charge in [-0.05, 0) is 45.0 Å². The highest BCUT2D eigenvalue weighted by atomic mass is 35.5. The molecule has 1 N–H and O–H groups in total. The predicted octanol–water partition coefficient (Wildman–Crippen LogP) is 3.77. The standard InChI is InChI=1S/C16H23Cl2N3O/c1-21(12-6-3-2-4-7-12)11-5-10-19-16(22)15-13(17)8-9-14(18)20-15/h8-9,12H,2-7,10-11H2,1H3,(H,19,22). The number of hydrogen-bond donors (Lipinski definition) is 1. The number of hydrogen-bond acceptors (Lipinski definition) is 3. The maximum Gasteiger partial charge on any atom is 0.271 e. The minimum atomic E-state index is -0.271. The van der Waals surface area contributed by atoms with E-state index in [1.54, 1.807) is 12.1 Å². The number of halogens is 2. The monoisotopic (exact) mass is 343 g/mol. The van der Waals surface area contributed by atoms with Gasteiger partial charge in [0, 0.05) is 12.6 Å². The molecule has 6 heteroatoms. The smallest absolute Gasteiger partial charge is 0.271 e. The van der Waals surface area contributed by atoms with E-state index in [1.165, 1.54) is 32.1 Å². The maximum atomic E-state index is 12.0. The molecule has 1 saturated carbocycles. The van der Waals surface area contributed by atoms with Crippen molar-refractivity contribution in [3.8, 4) is 0 Å². The number of carbonyl (C=O) groups is 1. The molecule has 1 fully saturated rings. The summed E-state index contributed by atoms with van der Waals surface area (Å²) in [6.45, 7) is 1.60. The first-order valence-corrected chi connectivity index (χ1v) is 8.64. The number of amides is 1. The van der Waals surface area contributed by atoms with E-state index < -0.39 is 0 Å². The Kier molecular flexibility index (Phi) is 6.93. The summed E-state index contributed by atoms with van der Waals surface area (Å²) in [5, 5.41) is 3.44. The Morgan fingerprint density at radius 2 is 2.05 bits per heavy atom. The molecule has 1 heterocycles. The van der Waals surface area contributed by atoms with Crippen LogP contribution in [-0.2, 0) is 0 Å². The lowest BCUT2D eigenvalue weighted by atomic mass is 9.94. The fourth-order valence-electron chi connectivity index (χ4n) is 2.90. The van der Waals surface area contributed by atoms with Gasteiger partial charge in [0.2, 0.25) is 0 Å². The van der Waals surface area contributed by atoms with Gasteiger partial charge >= 0.3 is 0 Å². The van der Waals surface area contributed by atoms with Crippen LogP contribution in [0.15, 0.2) is 12.1 Å². The first-order chi connectivity index (χ1) is 10.6. The molecule has 122 valence electrons. The average Bonchev–Trinajstić information content (AvgIpc) is 2.54. The van der Waals surface area contributed by atoms with Crippen LogP contribution in [0.1, 0.15) is 49.0 Å². The molecule has 2 rings (SSSR count). The Morgan fingerprint density at radius 1 is 1.32 bits per heavy atom. The highest BCUT2D eigenvalue weighted by Gasteiger charge is 2.17. The molecule has 0 radical (unpaired) electrons. The van der Waals surface area contributed by atoms with Gasteiger partial charge in [0.1, 0.15) is 10.8 Å². The highest BCUT2D eigenvalue weighted by Crippen LogP contribution is 2.21. The molecule has 1 aliphatic carbocycles. The molecule has 1 amide bonds. The van der Waals surface area contributed by atoms with Gasteiger partial charge in [0.25, 0.3) is 5.91 Å². The van der Waals surface area contributed by atoms with Crippen LogP contribution in [0.2, 0.25) is 10.2 Å². The number of nitrogens with zero attached hydrogens (tertiary/aromatic N) is 2. The molecule has 0 saturated heterocycles. The van der Waals surface area contributed by atoms with E-state index in [0.717, 1.165) is 13.0 Å². The van der Waals surface area contributed by atoms with Crippen LogP contribution >= 0.6 is 23.2 Å². The first kappa shape index (κ1) is 17.5. The summed E-state index contributed by atoms with van der Waals surface area (Å²) in [6, 6.07) is 3.86. The zero-order valence-corrected chi connectivity index (χ0v) is 14.5. The lowest BCUT2D eigenvalue weighted by molar-refractivity contribution is 0.0945. The molecule has 0 unspecified atom stereocenters. The fraction of sp³-hybridized carbons (Fsp3) is 0.625. The van der Waals surface area contributed by atoms with E-state index in [-0.39, 0.29) is 16.8 Å². The third-order valence-electron chi connectivity index (χ3n) is 4.20. The fourth-order valence-corrected chi connectivity index (χ4v) is 3.23. The average molecular weight is 344 g/mol. The van der Waals surface area contributed by atoms with E-state index in [0.29, 0.717) is 17.6 Å². The zero-order valence-electron chi connectivity index (χ0n) is 12.9. The van der Waals surface area contributed by atoms with Crippen molar-refractivity contribution in [2.45, 2.75) is 44.6 Å². The normalized spacial score (nSPS) is 16.0. The molecular weight excluding hydrogens is 321 g/mol. The van der Waals surface area contributed by atoms with Crippen molar-refractivity contribution >= 4 is 29.1 Å². The Morgan fingerprint density at radius 3 is 2.77 bits per heavy atom. The topological polar surface area (TPSA) is 45.2 Å². The third kappa shape index (κ3) is 5.11. The summed E-state index contributed by atoms with van der Waals surface area (Å²) in [6.07, 6.45) is 7.55. The van der Waals surface area contributed by atoms with Gasteiger partial charge in [-0.3, -0.25) is 4.79 Å². The van der Waals surface area contributed by atoms with Crippen LogP contribution in [0.3, 0.4) is 0 Å². The highest BCUT2D eigenvalue weighted by molar-refractivity contribution is 6.34. The van der Waals surface area contributed by atoms with E-state index in [4.69, 9.17) is 23.2 Å². The van der Waals surface area contributed by atoms with Crippen molar-refractivity contribution in [1.29, 1.82) is 0 Å². The van der Waals surface area contributed by atoms with Crippen molar-refractivity contribution in [3.63, 3.8) is 0 Å². The summed E-state index contributed by atoms with van der Waals surface area (Å²) < 4.78 is 0. The lowest BCUT2D eigenvalue weighted by Crippen LogP contribution is -2.36. The second-order valence-corrected chi connectivity index (χ2v) is 6.64. The first-order valence-electron chi connectivity index (χ1n) is 7.88. The lowest BCUT2D eigenvalue weighted by Gasteiger charge is -2.31. The summed E-state index contributed by atoms with van der Waals surface area (Å²) >= 11 is 11.8. The molecule has 0 aliphatic heterocycles. The Hall–Kier alpha value is -0.840. The molecule has 4 nitrogen and oxygen atoms in total. The quantitative estimate of drug-likeness (QED) is 0.631. The van der Waals surface area contributed by atoms with Crippen LogP contribution in [0, 0.1) is 0 Å². The van der Waals surface area contributed by atoms with Crippen molar-refractivity contribution in [1.82, 2.24) is 15.2 Å². The van der Waals surface area contributed by atoms with Gasteiger partial charge in [-0.2, -0.15) is 0 Å². The second kappa shape index (κ2) is 8.70. The molecule has 0 aromatic carbocycles. The molecular formula is C16H23Cl2N3O. The molecule has 0 bridgehead atoms. The van der Waals surface area contributed by atoms with Gasteiger partial charge < -0.3 is 10.2 Å². The van der Waals surface area contributed by atoms with Crippen molar-refractivity contribution in [2.24, 2.45) is 0 Å². The largest absolute Gasteiger partial charge is 0.351 e. The van der Waals surface area contributed by atoms with E-state index in [9.17, 15) is 4.79 Å². The van der Waals surface area contributed by atoms with Crippen molar-refractivity contribution in [3.05, 3.63) is 28.0 Å². The summed E-state index contributed by atoms with van der Waals surface area (Å²) in [4.78, 5) is 18.4. The van der Waals surface area contributed by atoms with Crippen LogP contribution in [0.5, 0.6) is 0 Å². The van der Waals surface area contributed by atoms with E-state index >= 15 is 0 Å². The predicted molar refractivity (Wildman–Crippen MR) is 90.7 cm³/mol. The number of pyridine rings is 1. The van der Waals surface area contributed by atoms with Crippen molar-refractivity contribution in [2.75, 3.05) is 20.1 Å². The Bertz CT molecular complexity index is 504. The number of rotatable bonds is 6. The van der Waals surface area contributed by atoms with E-state index in [1.807, 2.05) is 0 Å². The molecule has 0 atom stereocenters. The summed E-state index contributed by atoms with van der Waals surface area (Å²) in [5.74, 6) is -0.271. The SMILES string of the molecule is CN(CCCNC(=O)c1nc(Cl)ccc1Cl)C1CCCCC1. The van der Waals surface area contributed by atoms with Crippen LogP contribution in [0.25, 0.3) is 0 Å². The Labute approximate surface area is 142 Å². The Balaban J connectivity index is 1.71. The zero-order chi connectivity index (χ0) is 15.9. The molecule has 0 spiro atoms.